The largest absolute Gasteiger partial charge is 0.477 e. The van der Waals surface area contributed by atoms with E-state index in [0.29, 0.717) is 24.3 Å². The summed E-state index contributed by atoms with van der Waals surface area (Å²) in [5.74, 6) is -1.03. The van der Waals surface area contributed by atoms with Gasteiger partial charge in [0.2, 0.25) is 0 Å². The fourth-order valence-electron chi connectivity index (χ4n) is 2.07. The summed E-state index contributed by atoms with van der Waals surface area (Å²) >= 11 is 0. The Morgan fingerprint density at radius 2 is 2.05 bits per heavy atom. The molecule has 0 fully saturated rings. The topological polar surface area (TPSA) is 77.2 Å². The molecule has 0 aliphatic rings. The molecule has 106 valence electrons. The first-order chi connectivity index (χ1) is 10.1. The van der Waals surface area contributed by atoms with Gasteiger partial charge in [-0.1, -0.05) is 18.2 Å². The van der Waals surface area contributed by atoms with Crippen molar-refractivity contribution in [3.05, 3.63) is 65.0 Å². The highest BCUT2D eigenvalue weighted by molar-refractivity contribution is 5.85. The van der Waals surface area contributed by atoms with Crippen LogP contribution in [-0.4, -0.2) is 28.0 Å². The number of rotatable bonds is 5. The summed E-state index contributed by atoms with van der Waals surface area (Å²) in [4.78, 5) is 17.0. The van der Waals surface area contributed by atoms with E-state index in [9.17, 15) is 4.79 Å². The normalized spacial score (nSPS) is 10.3. The molecule has 21 heavy (non-hydrogen) atoms. The number of benzene rings is 1. The molecule has 0 unspecified atom stereocenters. The number of pyridine rings is 1. The zero-order chi connectivity index (χ0) is 15.2. The number of carboxylic acids is 1. The predicted molar refractivity (Wildman–Crippen MR) is 77.5 cm³/mol. The van der Waals surface area contributed by atoms with E-state index in [4.69, 9.17) is 10.4 Å². The standard InChI is InChI=1S/C16H15N3O2/c1-19(10-13-5-2-4-12(8-13)9-17)11-14-6-3-7-15(18-14)16(20)21/h2-8H,10-11H2,1H3,(H,20,21). The number of hydrogen-bond acceptors (Lipinski definition) is 4. The number of aromatic nitrogens is 1. The van der Waals surface area contributed by atoms with Crippen LogP contribution in [0.2, 0.25) is 0 Å². The molecule has 0 saturated carbocycles. The number of carboxylic acid groups (broad SMARTS) is 1. The molecule has 0 aliphatic carbocycles. The van der Waals surface area contributed by atoms with Gasteiger partial charge >= 0.3 is 5.97 Å². The SMILES string of the molecule is CN(Cc1cccc(C#N)c1)Cc1cccc(C(=O)O)n1. The van der Waals surface area contributed by atoms with E-state index in [2.05, 4.69) is 11.1 Å². The molecule has 1 heterocycles. The van der Waals surface area contributed by atoms with Crippen LogP contribution in [0, 0.1) is 11.3 Å². The molecule has 0 spiro atoms. The van der Waals surface area contributed by atoms with Crippen molar-refractivity contribution in [2.24, 2.45) is 0 Å². The fraction of sp³-hybridized carbons (Fsp3) is 0.188. The molecule has 5 nitrogen and oxygen atoms in total. The van der Waals surface area contributed by atoms with Gasteiger partial charge in [0.15, 0.2) is 0 Å². The molecule has 1 aromatic heterocycles. The van der Waals surface area contributed by atoms with Crippen LogP contribution in [0.4, 0.5) is 0 Å². The number of aromatic carboxylic acids is 1. The van der Waals surface area contributed by atoms with Crippen molar-refractivity contribution in [3.8, 4) is 6.07 Å². The second kappa shape index (κ2) is 6.64. The van der Waals surface area contributed by atoms with Gasteiger partial charge in [0, 0.05) is 13.1 Å². The first-order valence-electron chi connectivity index (χ1n) is 6.45. The lowest BCUT2D eigenvalue weighted by Crippen LogP contribution is -2.18. The predicted octanol–water partition coefficient (Wildman–Crippen LogP) is 2.28. The maximum atomic E-state index is 10.9. The third kappa shape index (κ3) is 4.13. The summed E-state index contributed by atoms with van der Waals surface area (Å²) in [5.41, 5.74) is 2.42. The molecule has 0 atom stereocenters. The average Bonchev–Trinajstić information content (AvgIpc) is 2.47. The van der Waals surface area contributed by atoms with Crippen LogP contribution in [0.25, 0.3) is 0 Å². The van der Waals surface area contributed by atoms with Crippen molar-refractivity contribution >= 4 is 5.97 Å². The van der Waals surface area contributed by atoms with Gasteiger partial charge in [0.25, 0.3) is 0 Å². The van der Waals surface area contributed by atoms with Crippen molar-refractivity contribution < 1.29 is 9.90 Å². The Morgan fingerprint density at radius 1 is 1.29 bits per heavy atom. The maximum absolute atomic E-state index is 10.9. The Bertz CT molecular complexity index is 692. The number of carbonyl (C=O) groups is 1. The van der Waals surface area contributed by atoms with E-state index in [0.717, 1.165) is 5.56 Å². The molecule has 1 N–H and O–H groups in total. The van der Waals surface area contributed by atoms with E-state index < -0.39 is 5.97 Å². The van der Waals surface area contributed by atoms with E-state index in [-0.39, 0.29) is 5.69 Å². The van der Waals surface area contributed by atoms with Crippen LogP contribution in [0.5, 0.6) is 0 Å². The average molecular weight is 281 g/mol. The summed E-state index contributed by atoms with van der Waals surface area (Å²) in [6, 6.07) is 14.5. The highest BCUT2D eigenvalue weighted by atomic mass is 16.4. The van der Waals surface area contributed by atoms with E-state index in [1.54, 1.807) is 18.2 Å². The minimum Gasteiger partial charge on any atom is -0.477 e. The number of nitriles is 1. The molecular weight excluding hydrogens is 266 g/mol. The van der Waals surface area contributed by atoms with Crippen molar-refractivity contribution in [3.63, 3.8) is 0 Å². The summed E-state index contributed by atoms with van der Waals surface area (Å²) in [6.45, 7) is 1.20. The minimum atomic E-state index is -1.03. The molecule has 2 aromatic rings. The Labute approximate surface area is 123 Å². The zero-order valence-electron chi connectivity index (χ0n) is 11.7. The Balaban J connectivity index is 2.04. The van der Waals surface area contributed by atoms with Crippen molar-refractivity contribution in [1.82, 2.24) is 9.88 Å². The summed E-state index contributed by atoms with van der Waals surface area (Å²) < 4.78 is 0. The first-order valence-corrected chi connectivity index (χ1v) is 6.45. The second-order valence-corrected chi connectivity index (χ2v) is 4.80. The lowest BCUT2D eigenvalue weighted by molar-refractivity contribution is 0.0690. The quantitative estimate of drug-likeness (QED) is 0.909. The van der Waals surface area contributed by atoms with Gasteiger partial charge in [-0.2, -0.15) is 5.26 Å². The number of nitrogens with zero attached hydrogens (tertiary/aromatic N) is 3. The molecule has 1 aromatic carbocycles. The molecule has 0 saturated heterocycles. The summed E-state index contributed by atoms with van der Waals surface area (Å²) in [5, 5.41) is 17.8. The smallest absolute Gasteiger partial charge is 0.354 e. The Hall–Kier alpha value is -2.71. The van der Waals surface area contributed by atoms with Crippen LogP contribution in [0.1, 0.15) is 27.3 Å². The maximum Gasteiger partial charge on any atom is 0.354 e. The van der Waals surface area contributed by atoms with Crippen LogP contribution < -0.4 is 0 Å². The van der Waals surface area contributed by atoms with Gasteiger partial charge in [-0.25, -0.2) is 9.78 Å². The van der Waals surface area contributed by atoms with Crippen LogP contribution >= 0.6 is 0 Å². The molecular formula is C16H15N3O2. The van der Waals surface area contributed by atoms with E-state index in [1.165, 1.54) is 6.07 Å². The van der Waals surface area contributed by atoms with Crippen molar-refractivity contribution in [1.29, 1.82) is 5.26 Å². The Kier molecular flexibility index (Phi) is 4.64. The highest BCUT2D eigenvalue weighted by Crippen LogP contribution is 2.09. The molecule has 0 amide bonds. The van der Waals surface area contributed by atoms with E-state index in [1.807, 2.05) is 30.1 Å². The van der Waals surface area contributed by atoms with Gasteiger partial charge in [-0.3, -0.25) is 4.90 Å². The lowest BCUT2D eigenvalue weighted by Gasteiger charge is -2.16. The summed E-state index contributed by atoms with van der Waals surface area (Å²) in [6.07, 6.45) is 0. The number of hydrogen-bond donors (Lipinski definition) is 1. The minimum absolute atomic E-state index is 0.0485. The summed E-state index contributed by atoms with van der Waals surface area (Å²) in [7, 11) is 1.92. The van der Waals surface area contributed by atoms with Gasteiger partial charge in [-0.05, 0) is 36.9 Å². The second-order valence-electron chi connectivity index (χ2n) is 4.80. The fourth-order valence-corrected chi connectivity index (χ4v) is 2.07. The molecule has 5 heteroatoms. The van der Waals surface area contributed by atoms with Gasteiger partial charge in [0.05, 0.1) is 17.3 Å². The van der Waals surface area contributed by atoms with Crippen LogP contribution in [0.3, 0.4) is 0 Å². The van der Waals surface area contributed by atoms with E-state index >= 15 is 0 Å². The van der Waals surface area contributed by atoms with Crippen molar-refractivity contribution in [2.45, 2.75) is 13.1 Å². The molecule has 0 radical (unpaired) electrons. The monoisotopic (exact) mass is 281 g/mol. The van der Waals surface area contributed by atoms with Gasteiger partial charge < -0.3 is 5.11 Å². The third-order valence-corrected chi connectivity index (χ3v) is 2.97. The van der Waals surface area contributed by atoms with Gasteiger partial charge in [0.1, 0.15) is 5.69 Å². The molecule has 2 rings (SSSR count). The zero-order valence-corrected chi connectivity index (χ0v) is 11.7. The molecule has 0 aliphatic heterocycles. The van der Waals surface area contributed by atoms with Gasteiger partial charge in [-0.15, -0.1) is 0 Å². The molecule has 0 bridgehead atoms. The van der Waals surface area contributed by atoms with Crippen molar-refractivity contribution in [2.75, 3.05) is 7.05 Å². The first kappa shape index (κ1) is 14.7. The highest BCUT2D eigenvalue weighted by Gasteiger charge is 2.07. The Morgan fingerprint density at radius 3 is 2.76 bits per heavy atom. The lowest BCUT2D eigenvalue weighted by atomic mass is 10.1. The van der Waals surface area contributed by atoms with Crippen LogP contribution in [-0.2, 0) is 13.1 Å². The third-order valence-electron chi connectivity index (χ3n) is 2.97. The van der Waals surface area contributed by atoms with Crippen LogP contribution in [0.15, 0.2) is 42.5 Å².